The van der Waals surface area contributed by atoms with Gasteiger partial charge in [0.25, 0.3) is 0 Å². The highest BCUT2D eigenvalue weighted by Crippen LogP contribution is 2.46. The number of benzene rings is 21. The van der Waals surface area contributed by atoms with Crippen LogP contribution in [-0.2, 0) is 0 Å². The maximum absolute atomic E-state index is 9.52. The normalized spacial score (nSPS) is 14.7. The SMILES string of the molecule is [2H]c1c([2H])c([2H])c(-c2nc(-c3c([2H])c([2H])c([2H])c([2H])c3[2H])nc(-c3c([2H])c([2H])c(-c4c([2H])c([2H])c(-n5c6ccccc6c6ccccc65)c([2H])c4[2H])c([2H])c3[2H])n2)c([2H])c1[2H].[2H]c1c([2H])c([2H])c(-c2nc(-c3c([2H])c([2H])c([2H])c([2H])c3[2H])nc(-c3c([2H])c([2H])c(-n4c5ccccc5c5ccccc54)c4c([2H])c([2H])c([2H])c([2H])c34)n2)c([2H])c1[2H].c1ccc(-c2ccccc2-c2nc(-c3ccccc3-c3ccccc3)nc(-c3ccc(-n4c5ccccc5c5c(-c6ccccc6)cccc54)c4ccccc34)n2)cc1. The van der Waals surface area contributed by atoms with Crippen molar-refractivity contribution in [3.8, 4) is 164 Å². The van der Waals surface area contributed by atoms with Crippen LogP contribution in [0, 0.1) is 0 Å². The molecule has 0 saturated carbocycles. The van der Waals surface area contributed by atoms with E-state index in [1.807, 2.05) is 60.7 Å². The Morgan fingerprint density at radius 1 is 0.140 bits per heavy atom. The standard InChI is InChI=1S/C55H36N4.C39H26N4.C37H24N4/c1-4-19-37(20-5-1)40-25-10-14-29-45(40)53-56-54(46-30-15-11-26-41(46)38-21-6-2-7-22-38)58-55(57-53)47-35-36-50(44-28-13-12-27-43(44)47)59-49-33-17-16-31-48(49)52-42(32-18-34-51(52)59)39-23-8-3-9-24-39;1-3-11-29(12-4-1)37-40-38(30-13-5-2-6-14-30)42-39(41-37)31-21-19-27(20-22-31)28-23-25-32(26-24-28)43-35-17-9-7-15-33(35)34-16-8-10-18-36(34)43;1-3-13-25(14-4-1)35-38-36(26-15-5-2-6-16-26)40-37(39-35)31-23-24-34(28-18-8-7-17-27(28)31)41-32-21-11-9-19-29(32)30-20-10-12-22-33(30)41/h1-36H;1-26H;1-24H/i;1D,2D,3D,4D,5D,6D,11D,12D,13D,14D,19D,20D,21D,22D,23D,24D,25D,26D;1D,2D,3D,4D,5D,6D,7D,8D,13D,14D,15D,16D,17D,18D,23D,24D. The molecule has 12 heteroatoms. The predicted octanol–water partition coefficient (Wildman–Crippen LogP) is 32.9. The molecular formula is C131H86N12. The molecule has 0 bridgehead atoms. The summed E-state index contributed by atoms with van der Waals surface area (Å²) in [6, 6.07) is 80.7. The molecule has 0 saturated heterocycles. The first-order valence-corrected chi connectivity index (χ1v) is 45.3. The van der Waals surface area contributed by atoms with E-state index in [0.29, 0.717) is 39.5 Å². The Balaban J connectivity index is 0.000000132. The van der Waals surface area contributed by atoms with Gasteiger partial charge in [0.05, 0.1) is 91.1 Å². The molecule has 6 heterocycles. The van der Waals surface area contributed by atoms with E-state index in [1.165, 1.54) is 21.9 Å². The molecule has 0 amide bonds. The molecule has 21 aromatic carbocycles. The zero-order valence-corrected chi connectivity index (χ0v) is 74.9. The van der Waals surface area contributed by atoms with Crippen molar-refractivity contribution in [2.75, 3.05) is 0 Å². The van der Waals surface area contributed by atoms with Gasteiger partial charge in [0, 0.05) is 98.8 Å². The molecule has 0 unspecified atom stereocenters. The molecule has 0 aliphatic carbocycles. The fourth-order valence-electron chi connectivity index (χ4n) is 18.2. The lowest BCUT2D eigenvalue weighted by molar-refractivity contribution is 1.07. The smallest absolute Gasteiger partial charge is 0.164 e. The summed E-state index contributed by atoms with van der Waals surface area (Å²) < 4.78 is 301. The summed E-state index contributed by atoms with van der Waals surface area (Å²) in [4.78, 5) is 41.7. The van der Waals surface area contributed by atoms with Crippen LogP contribution in [0.4, 0.5) is 0 Å². The highest BCUT2D eigenvalue weighted by atomic mass is 15.1. The second-order valence-electron chi connectivity index (χ2n) is 32.8. The summed E-state index contributed by atoms with van der Waals surface area (Å²) >= 11 is 0. The maximum Gasteiger partial charge on any atom is 0.164 e. The lowest BCUT2D eigenvalue weighted by Crippen LogP contribution is -2.03. The zero-order chi connectivity index (χ0) is 124. The van der Waals surface area contributed by atoms with Crippen LogP contribution in [0.3, 0.4) is 0 Å². The number of para-hydroxylation sites is 5. The predicted molar refractivity (Wildman–Crippen MR) is 588 cm³/mol. The van der Waals surface area contributed by atoms with Crippen molar-refractivity contribution >= 4 is 87.0 Å². The van der Waals surface area contributed by atoms with E-state index in [-0.39, 0.29) is 22.1 Å². The van der Waals surface area contributed by atoms with Crippen molar-refractivity contribution in [1.29, 1.82) is 0 Å². The molecule has 27 rings (SSSR count). The van der Waals surface area contributed by atoms with Gasteiger partial charge in [-0.1, -0.05) is 448 Å². The molecule has 0 atom stereocenters. The lowest BCUT2D eigenvalue weighted by atomic mass is 9.97. The van der Waals surface area contributed by atoms with E-state index in [4.69, 9.17) is 56.1 Å². The number of nitrogens with zero attached hydrogens (tertiary/aromatic N) is 12. The lowest BCUT2D eigenvalue weighted by Gasteiger charge is -2.16. The minimum atomic E-state index is -0.871. The average molecular weight is 1860 g/mol. The van der Waals surface area contributed by atoms with E-state index < -0.39 is 285 Å². The van der Waals surface area contributed by atoms with E-state index in [9.17, 15) is 5.48 Å². The Morgan fingerprint density at radius 3 is 0.881 bits per heavy atom. The van der Waals surface area contributed by atoms with Crippen LogP contribution in [0.1, 0.15) is 46.6 Å². The number of aromatic nitrogens is 12. The van der Waals surface area contributed by atoms with Crippen LogP contribution in [0.25, 0.3) is 251 Å². The average Bonchev–Trinajstić information content (AvgIpc) is 1.56. The largest absolute Gasteiger partial charge is 0.309 e. The summed E-state index contributed by atoms with van der Waals surface area (Å²) in [7, 11) is 0. The van der Waals surface area contributed by atoms with Gasteiger partial charge in [-0.2, -0.15) is 0 Å². The molecule has 143 heavy (non-hydrogen) atoms. The summed E-state index contributed by atoms with van der Waals surface area (Å²) in [6.45, 7) is 0. The fourth-order valence-corrected chi connectivity index (χ4v) is 18.2. The quantitative estimate of drug-likeness (QED) is 0.0928. The summed E-state index contributed by atoms with van der Waals surface area (Å²) in [5, 5.41) is 7.22. The van der Waals surface area contributed by atoms with E-state index in [1.54, 1.807) is 57.7 Å². The van der Waals surface area contributed by atoms with Crippen molar-refractivity contribution in [3.05, 3.63) is 521 Å². The first kappa shape index (κ1) is 56.3. The molecule has 0 spiro atoms. The van der Waals surface area contributed by atoms with Gasteiger partial charge in [0.2, 0.25) is 0 Å². The van der Waals surface area contributed by atoms with Crippen LogP contribution in [0.2, 0.25) is 0 Å². The van der Waals surface area contributed by atoms with E-state index in [2.05, 4.69) is 241 Å². The van der Waals surface area contributed by atoms with E-state index in [0.717, 1.165) is 88.0 Å². The Bertz CT molecular complexity index is 11200. The molecule has 0 aliphatic rings. The van der Waals surface area contributed by atoms with Gasteiger partial charge >= 0.3 is 0 Å². The van der Waals surface area contributed by atoms with Crippen LogP contribution in [-0.4, -0.2) is 58.6 Å². The number of hydrogen-bond donors (Lipinski definition) is 0. The summed E-state index contributed by atoms with van der Waals surface area (Å²) in [5.41, 5.74) is 10.5. The molecule has 0 radical (unpaired) electrons. The Labute approximate surface area is 873 Å². The second kappa shape index (κ2) is 37.6. The third kappa shape index (κ3) is 16.2. The molecule has 27 aromatic rings. The van der Waals surface area contributed by atoms with Crippen molar-refractivity contribution in [1.82, 2.24) is 58.6 Å². The third-order valence-corrected chi connectivity index (χ3v) is 24.5. The van der Waals surface area contributed by atoms with Gasteiger partial charge in [-0.05, 0) is 128 Å². The highest BCUT2D eigenvalue weighted by Gasteiger charge is 2.26. The van der Waals surface area contributed by atoms with Crippen LogP contribution in [0.5, 0.6) is 0 Å². The second-order valence-corrected chi connectivity index (χ2v) is 32.8. The number of rotatable bonds is 16. The first-order valence-electron chi connectivity index (χ1n) is 62.3. The maximum atomic E-state index is 9.52. The van der Waals surface area contributed by atoms with Crippen molar-refractivity contribution in [3.63, 3.8) is 0 Å². The molecule has 0 aliphatic heterocycles. The van der Waals surface area contributed by atoms with Crippen LogP contribution < -0.4 is 0 Å². The molecule has 12 nitrogen and oxygen atoms in total. The van der Waals surface area contributed by atoms with Crippen molar-refractivity contribution in [2.24, 2.45) is 0 Å². The Hall–Kier alpha value is -19.4. The summed E-state index contributed by atoms with van der Waals surface area (Å²) in [5.74, 6) is -2.11. The topological polar surface area (TPSA) is 131 Å². The molecule has 670 valence electrons. The summed E-state index contributed by atoms with van der Waals surface area (Å²) in [6.07, 6.45) is 0. The van der Waals surface area contributed by atoms with Crippen molar-refractivity contribution < 1.29 is 46.6 Å². The van der Waals surface area contributed by atoms with Gasteiger partial charge in [0.1, 0.15) is 0 Å². The van der Waals surface area contributed by atoms with Gasteiger partial charge < -0.3 is 13.7 Å². The van der Waals surface area contributed by atoms with Crippen LogP contribution in [0.15, 0.2) is 521 Å². The van der Waals surface area contributed by atoms with Crippen LogP contribution >= 0.6 is 0 Å². The van der Waals surface area contributed by atoms with Crippen molar-refractivity contribution in [2.45, 2.75) is 0 Å². The van der Waals surface area contributed by atoms with Gasteiger partial charge in [-0.3, -0.25) is 0 Å². The van der Waals surface area contributed by atoms with Gasteiger partial charge in [-0.25, -0.2) is 44.9 Å². The monoisotopic (exact) mass is 1860 g/mol. The minimum Gasteiger partial charge on any atom is -0.309 e. The van der Waals surface area contributed by atoms with E-state index >= 15 is 0 Å². The highest BCUT2D eigenvalue weighted by molar-refractivity contribution is 6.18. The zero-order valence-electron chi connectivity index (χ0n) is 109. The number of hydrogen-bond acceptors (Lipinski definition) is 9. The Kier molecular flexibility index (Phi) is 14.8. The Morgan fingerprint density at radius 2 is 0.434 bits per heavy atom. The molecular weight excluding hydrogens is 1740 g/mol. The molecule has 6 aromatic heterocycles. The molecule has 0 N–H and O–H groups in total. The van der Waals surface area contributed by atoms with Gasteiger partial charge in [-0.15, -0.1) is 0 Å². The molecule has 0 fully saturated rings. The first-order chi connectivity index (χ1) is 85.1. The third-order valence-electron chi connectivity index (χ3n) is 24.5. The van der Waals surface area contributed by atoms with Gasteiger partial charge in [0.15, 0.2) is 52.4 Å². The fraction of sp³-hybridized carbons (Fsp3) is 0. The number of fused-ring (bicyclic) bond motifs is 11. The minimum absolute atomic E-state index is 0.0612.